The Morgan fingerprint density at radius 3 is 1.79 bits per heavy atom. The molecule has 80 valence electrons. The Kier molecular flexibility index (Phi) is 3.79. The Bertz CT molecular complexity index is 209. The molecule has 0 spiro atoms. The van der Waals surface area contributed by atoms with Crippen molar-refractivity contribution in [1.29, 1.82) is 0 Å². The van der Waals surface area contributed by atoms with Crippen LogP contribution in [0, 0.1) is 0 Å². The maximum atomic E-state index is 11.8. The average molecular weight is 208 g/mol. The Balaban J connectivity index is 2.35. The molecule has 0 bridgehead atoms. The highest BCUT2D eigenvalue weighted by molar-refractivity contribution is 5.58. The maximum Gasteiger partial charge on any atom is 0.495 e. The summed E-state index contributed by atoms with van der Waals surface area (Å²) in [5.74, 6) is 0. The number of halogens is 2. The molecule has 0 aromatic carbocycles. The number of ether oxygens (including phenoxy) is 2. The van der Waals surface area contributed by atoms with E-state index >= 15 is 0 Å². The molecule has 6 heteroatoms. The van der Waals surface area contributed by atoms with Crippen LogP contribution in [0.15, 0.2) is 0 Å². The molecule has 1 aliphatic rings. The lowest BCUT2D eigenvalue weighted by Gasteiger charge is -2.26. The molecule has 0 aromatic rings. The number of rotatable bonds is 2. The van der Waals surface area contributed by atoms with E-state index in [0.717, 1.165) is 0 Å². The summed E-state index contributed by atoms with van der Waals surface area (Å²) in [6.45, 7) is 0. The summed E-state index contributed by atoms with van der Waals surface area (Å²) in [6.07, 6.45) is -3.17. The fraction of sp³-hybridized carbons (Fsp3) is 0.750. The van der Waals surface area contributed by atoms with Gasteiger partial charge in [0.25, 0.3) is 0 Å². The van der Waals surface area contributed by atoms with Gasteiger partial charge in [0.1, 0.15) is 12.2 Å². The molecular formula is C8H10F2O4. The van der Waals surface area contributed by atoms with Gasteiger partial charge in [-0.2, -0.15) is 0 Å². The Hall–Kier alpha value is -1.20. The molecule has 1 rings (SSSR count). The highest BCUT2D eigenvalue weighted by Gasteiger charge is 2.27. The predicted molar refractivity (Wildman–Crippen MR) is 41.2 cm³/mol. The minimum Gasteiger partial charge on any atom is -0.437 e. The Morgan fingerprint density at radius 1 is 1.00 bits per heavy atom. The van der Waals surface area contributed by atoms with Crippen molar-refractivity contribution in [3.05, 3.63) is 0 Å². The van der Waals surface area contributed by atoms with Crippen molar-refractivity contribution in [2.24, 2.45) is 0 Å². The highest BCUT2D eigenvalue weighted by atomic mass is 19.2. The second-order valence-electron chi connectivity index (χ2n) is 3.12. The van der Waals surface area contributed by atoms with E-state index < -0.39 is 24.7 Å². The summed E-state index contributed by atoms with van der Waals surface area (Å²) in [7, 11) is 0. The first-order valence-corrected chi connectivity index (χ1v) is 4.30. The van der Waals surface area contributed by atoms with Crippen LogP contribution in [0.2, 0.25) is 0 Å². The summed E-state index contributed by atoms with van der Waals surface area (Å²) in [6, 6.07) is 0. The summed E-state index contributed by atoms with van der Waals surface area (Å²) in [5, 5.41) is 0. The Labute approximate surface area is 79.2 Å². The summed E-state index contributed by atoms with van der Waals surface area (Å²) < 4.78 is 32.2. The molecule has 2 unspecified atom stereocenters. The van der Waals surface area contributed by atoms with E-state index in [2.05, 4.69) is 9.47 Å². The van der Waals surface area contributed by atoms with Crippen molar-refractivity contribution in [3.8, 4) is 0 Å². The molecule has 1 fully saturated rings. The first kappa shape index (κ1) is 10.9. The van der Waals surface area contributed by atoms with E-state index in [9.17, 15) is 18.4 Å². The van der Waals surface area contributed by atoms with Gasteiger partial charge >= 0.3 is 12.4 Å². The maximum absolute atomic E-state index is 11.8. The van der Waals surface area contributed by atoms with Crippen molar-refractivity contribution in [3.63, 3.8) is 0 Å². The molecule has 2 atom stereocenters. The second-order valence-corrected chi connectivity index (χ2v) is 3.12. The van der Waals surface area contributed by atoms with Crippen LogP contribution in [0.5, 0.6) is 0 Å². The van der Waals surface area contributed by atoms with Gasteiger partial charge in [0.2, 0.25) is 0 Å². The monoisotopic (exact) mass is 208 g/mol. The van der Waals surface area contributed by atoms with Gasteiger partial charge in [-0.15, -0.1) is 8.78 Å². The van der Waals surface area contributed by atoms with Crippen molar-refractivity contribution in [1.82, 2.24) is 0 Å². The molecule has 0 aliphatic heterocycles. The zero-order chi connectivity index (χ0) is 10.6. The van der Waals surface area contributed by atoms with E-state index in [0.29, 0.717) is 19.3 Å². The normalized spacial score (nSPS) is 26.7. The highest BCUT2D eigenvalue weighted by Crippen LogP contribution is 2.24. The van der Waals surface area contributed by atoms with E-state index in [1.807, 2.05) is 0 Å². The van der Waals surface area contributed by atoms with Crippen LogP contribution >= 0.6 is 0 Å². The average Bonchev–Trinajstić information content (AvgIpc) is 2.01. The second kappa shape index (κ2) is 4.88. The smallest absolute Gasteiger partial charge is 0.437 e. The van der Waals surface area contributed by atoms with Gasteiger partial charge in [-0.25, -0.2) is 9.59 Å². The standard InChI is InChI=1S/C8H10F2O4/c9-7(11)13-5-2-1-3-6(4-5)14-8(10)12/h5-6H,1-4H2. The summed E-state index contributed by atoms with van der Waals surface area (Å²) in [4.78, 5) is 19.9. The van der Waals surface area contributed by atoms with E-state index in [1.165, 1.54) is 0 Å². The third kappa shape index (κ3) is 3.68. The molecule has 4 nitrogen and oxygen atoms in total. The molecule has 0 heterocycles. The first-order valence-electron chi connectivity index (χ1n) is 4.30. The lowest BCUT2D eigenvalue weighted by atomic mass is 9.95. The van der Waals surface area contributed by atoms with Gasteiger partial charge in [0.15, 0.2) is 0 Å². The fourth-order valence-corrected chi connectivity index (χ4v) is 1.58. The van der Waals surface area contributed by atoms with Gasteiger partial charge in [0.05, 0.1) is 0 Å². The molecule has 0 aromatic heterocycles. The van der Waals surface area contributed by atoms with E-state index in [1.54, 1.807) is 0 Å². The van der Waals surface area contributed by atoms with Gasteiger partial charge in [-0.05, 0) is 19.3 Å². The molecule has 0 saturated heterocycles. The Morgan fingerprint density at radius 2 is 1.43 bits per heavy atom. The molecule has 1 aliphatic carbocycles. The number of carbonyl (C=O) groups excluding carboxylic acids is 2. The minimum atomic E-state index is -1.86. The van der Waals surface area contributed by atoms with Crippen LogP contribution < -0.4 is 0 Å². The predicted octanol–water partition coefficient (Wildman–Crippen LogP) is 2.51. The topological polar surface area (TPSA) is 52.6 Å². The third-order valence-corrected chi connectivity index (χ3v) is 2.10. The number of carbonyl (C=O) groups is 2. The quantitative estimate of drug-likeness (QED) is 0.654. The largest absolute Gasteiger partial charge is 0.495 e. The lowest BCUT2D eigenvalue weighted by molar-refractivity contribution is -0.00272. The van der Waals surface area contributed by atoms with Crippen LogP contribution in [0.4, 0.5) is 18.4 Å². The van der Waals surface area contributed by atoms with Crippen molar-refractivity contribution >= 4 is 12.4 Å². The summed E-state index contributed by atoms with van der Waals surface area (Å²) in [5.41, 5.74) is 0. The van der Waals surface area contributed by atoms with Gasteiger partial charge < -0.3 is 9.47 Å². The van der Waals surface area contributed by atoms with Crippen LogP contribution in [0.1, 0.15) is 25.7 Å². The first-order chi connectivity index (χ1) is 6.58. The van der Waals surface area contributed by atoms with Crippen molar-refractivity contribution < 1.29 is 27.8 Å². The molecule has 0 amide bonds. The SMILES string of the molecule is O=C(F)OC1CCCC(OC(=O)F)C1. The molecular weight excluding hydrogens is 198 g/mol. The zero-order valence-electron chi connectivity index (χ0n) is 7.37. The van der Waals surface area contributed by atoms with E-state index in [-0.39, 0.29) is 6.42 Å². The number of hydrogen-bond donors (Lipinski definition) is 0. The van der Waals surface area contributed by atoms with Crippen LogP contribution in [0.25, 0.3) is 0 Å². The van der Waals surface area contributed by atoms with Gasteiger partial charge in [0, 0.05) is 6.42 Å². The van der Waals surface area contributed by atoms with Crippen molar-refractivity contribution in [2.75, 3.05) is 0 Å². The van der Waals surface area contributed by atoms with Gasteiger partial charge in [-0.1, -0.05) is 0 Å². The molecule has 14 heavy (non-hydrogen) atoms. The molecule has 0 N–H and O–H groups in total. The van der Waals surface area contributed by atoms with Gasteiger partial charge in [-0.3, -0.25) is 0 Å². The van der Waals surface area contributed by atoms with E-state index in [4.69, 9.17) is 0 Å². The van der Waals surface area contributed by atoms with Crippen LogP contribution in [0.3, 0.4) is 0 Å². The minimum absolute atomic E-state index is 0.158. The lowest BCUT2D eigenvalue weighted by Crippen LogP contribution is -2.29. The van der Waals surface area contributed by atoms with Crippen LogP contribution in [-0.4, -0.2) is 24.7 Å². The van der Waals surface area contributed by atoms with Crippen molar-refractivity contribution in [2.45, 2.75) is 37.9 Å². The molecule has 0 radical (unpaired) electrons. The summed E-state index contributed by atoms with van der Waals surface area (Å²) >= 11 is 0. The fourth-order valence-electron chi connectivity index (χ4n) is 1.58. The third-order valence-electron chi connectivity index (χ3n) is 2.10. The zero-order valence-corrected chi connectivity index (χ0v) is 7.37. The van der Waals surface area contributed by atoms with Crippen LogP contribution in [-0.2, 0) is 9.47 Å². The molecule has 1 saturated carbocycles. The number of hydrogen-bond acceptors (Lipinski definition) is 4.